The third-order valence-electron chi connectivity index (χ3n) is 2.38. The SMILES string of the molecule is CC1CN(c2ccc(N)nc2)CCO1. The van der Waals surface area contributed by atoms with Crippen molar-refractivity contribution < 1.29 is 4.74 Å². The molecule has 2 heterocycles. The molecule has 0 aliphatic carbocycles. The standard InChI is InChI=1S/C10H15N3O/c1-8-7-13(4-5-14-8)9-2-3-10(11)12-6-9/h2-3,6,8H,4-5,7H2,1H3,(H2,11,12). The second-order valence-electron chi connectivity index (χ2n) is 3.57. The summed E-state index contributed by atoms with van der Waals surface area (Å²) in [6.45, 7) is 4.71. The van der Waals surface area contributed by atoms with Crippen molar-refractivity contribution in [2.24, 2.45) is 0 Å². The fraction of sp³-hybridized carbons (Fsp3) is 0.500. The van der Waals surface area contributed by atoms with Crippen LogP contribution in [0.4, 0.5) is 11.5 Å². The third kappa shape index (κ3) is 1.96. The van der Waals surface area contributed by atoms with Crippen LogP contribution in [0.25, 0.3) is 0 Å². The Hall–Kier alpha value is -1.29. The first-order chi connectivity index (χ1) is 6.75. The van der Waals surface area contributed by atoms with Gasteiger partial charge in [-0.3, -0.25) is 0 Å². The van der Waals surface area contributed by atoms with Crippen LogP contribution in [0, 0.1) is 0 Å². The normalized spacial score (nSPS) is 22.4. The Labute approximate surface area is 83.7 Å². The molecule has 4 nitrogen and oxygen atoms in total. The molecule has 1 atom stereocenters. The topological polar surface area (TPSA) is 51.4 Å². The third-order valence-corrected chi connectivity index (χ3v) is 2.38. The van der Waals surface area contributed by atoms with E-state index < -0.39 is 0 Å². The molecular weight excluding hydrogens is 178 g/mol. The molecule has 1 fully saturated rings. The van der Waals surface area contributed by atoms with Crippen LogP contribution in [0.15, 0.2) is 18.3 Å². The molecule has 1 unspecified atom stereocenters. The van der Waals surface area contributed by atoms with E-state index >= 15 is 0 Å². The fourth-order valence-electron chi connectivity index (χ4n) is 1.64. The highest BCUT2D eigenvalue weighted by atomic mass is 16.5. The van der Waals surface area contributed by atoms with E-state index in [2.05, 4.69) is 16.8 Å². The van der Waals surface area contributed by atoms with Gasteiger partial charge in [0.1, 0.15) is 5.82 Å². The van der Waals surface area contributed by atoms with Gasteiger partial charge in [0.15, 0.2) is 0 Å². The zero-order valence-corrected chi connectivity index (χ0v) is 8.31. The van der Waals surface area contributed by atoms with Crippen LogP contribution in [-0.2, 0) is 4.74 Å². The highest BCUT2D eigenvalue weighted by Gasteiger charge is 2.16. The summed E-state index contributed by atoms with van der Waals surface area (Å²) in [5, 5.41) is 0. The first-order valence-electron chi connectivity index (χ1n) is 4.84. The van der Waals surface area contributed by atoms with Crippen molar-refractivity contribution in [1.29, 1.82) is 0 Å². The number of ether oxygens (including phenoxy) is 1. The lowest BCUT2D eigenvalue weighted by molar-refractivity contribution is 0.0532. The van der Waals surface area contributed by atoms with Gasteiger partial charge in [-0.2, -0.15) is 0 Å². The van der Waals surface area contributed by atoms with Gasteiger partial charge in [0.05, 0.1) is 24.6 Å². The number of nitrogens with zero attached hydrogens (tertiary/aromatic N) is 2. The first-order valence-corrected chi connectivity index (χ1v) is 4.84. The van der Waals surface area contributed by atoms with Gasteiger partial charge in [0, 0.05) is 13.1 Å². The number of hydrogen-bond acceptors (Lipinski definition) is 4. The molecule has 0 amide bonds. The average Bonchev–Trinajstić information content (AvgIpc) is 2.19. The molecule has 2 rings (SSSR count). The van der Waals surface area contributed by atoms with Crippen LogP contribution in [0.2, 0.25) is 0 Å². The summed E-state index contributed by atoms with van der Waals surface area (Å²) in [5.41, 5.74) is 6.65. The van der Waals surface area contributed by atoms with Crippen LogP contribution < -0.4 is 10.6 Å². The number of hydrogen-bond donors (Lipinski definition) is 1. The lowest BCUT2D eigenvalue weighted by atomic mass is 10.2. The molecule has 0 radical (unpaired) electrons. The number of aromatic nitrogens is 1. The van der Waals surface area contributed by atoms with Gasteiger partial charge in [0.25, 0.3) is 0 Å². The highest BCUT2D eigenvalue weighted by Crippen LogP contribution is 2.16. The number of anilines is 2. The van der Waals surface area contributed by atoms with E-state index in [1.807, 2.05) is 18.3 Å². The Morgan fingerprint density at radius 3 is 3.07 bits per heavy atom. The van der Waals surface area contributed by atoms with Crippen molar-refractivity contribution in [2.45, 2.75) is 13.0 Å². The summed E-state index contributed by atoms with van der Waals surface area (Å²) < 4.78 is 5.47. The van der Waals surface area contributed by atoms with E-state index in [1.54, 1.807) is 0 Å². The second-order valence-corrected chi connectivity index (χ2v) is 3.57. The summed E-state index contributed by atoms with van der Waals surface area (Å²) in [7, 11) is 0. The van der Waals surface area contributed by atoms with E-state index in [0.29, 0.717) is 11.9 Å². The molecule has 4 heteroatoms. The maximum Gasteiger partial charge on any atom is 0.123 e. The van der Waals surface area contributed by atoms with E-state index in [9.17, 15) is 0 Å². The van der Waals surface area contributed by atoms with Crippen LogP contribution in [0.3, 0.4) is 0 Å². The van der Waals surface area contributed by atoms with Crippen molar-refractivity contribution in [1.82, 2.24) is 4.98 Å². The molecule has 0 aromatic carbocycles. The van der Waals surface area contributed by atoms with E-state index in [0.717, 1.165) is 25.4 Å². The lowest BCUT2D eigenvalue weighted by Crippen LogP contribution is -2.41. The molecule has 1 saturated heterocycles. The van der Waals surface area contributed by atoms with Gasteiger partial charge in [-0.15, -0.1) is 0 Å². The van der Waals surface area contributed by atoms with Gasteiger partial charge >= 0.3 is 0 Å². The Bertz CT molecular complexity index is 299. The summed E-state index contributed by atoms with van der Waals surface area (Å²) >= 11 is 0. The molecule has 0 bridgehead atoms. The van der Waals surface area contributed by atoms with Crippen molar-refractivity contribution in [3.63, 3.8) is 0 Å². The molecule has 2 N–H and O–H groups in total. The summed E-state index contributed by atoms with van der Waals surface area (Å²) in [6.07, 6.45) is 2.11. The van der Waals surface area contributed by atoms with Crippen LogP contribution in [0.1, 0.15) is 6.92 Å². The average molecular weight is 193 g/mol. The maximum absolute atomic E-state index is 5.53. The Kier molecular flexibility index (Phi) is 2.54. The van der Waals surface area contributed by atoms with Crippen LogP contribution in [0.5, 0.6) is 0 Å². The highest BCUT2D eigenvalue weighted by molar-refractivity contribution is 5.48. The molecule has 0 spiro atoms. The van der Waals surface area contributed by atoms with Crippen molar-refractivity contribution >= 4 is 11.5 Å². The number of nitrogens with two attached hydrogens (primary N) is 1. The minimum Gasteiger partial charge on any atom is -0.384 e. The quantitative estimate of drug-likeness (QED) is 0.719. The van der Waals surface area contributed by atoms with Gasteiger partial charge in [-0.1, -0.05) is 0 Å². The first kappa shape index (κ1) is 9.27. The van der Waals surface area contributed by atoms with E-state index in [1.165, 1.54) is 0 Å². The summed E-state index contributed by atoms with van der Waals surface area (Å²) in [6, 6.07) is 3.83. The largest absolute Gasteiger partial charge is 0.384 e. The zero-order chi connectivity index (χ0) is 9.97. The Morgan fingerprint density at radius 2 is 2.43 bits per heavy atom. The molecule has 1 aliphatic heterocycles. The molecule has 1 aliphatic rings. The zero-order valence-electron chi connectivity index (χ0n) is 8.31. The number of morpholine rings is 1. The molecule has 0 saturated carbocycles. The Morgan fingerprint density at radius 1 is 1.57 bits per heavy atom. The van der Waals surface area contributed by atoms with Crippen LogP contribution in [-0.4, -0.2) is 30.8 Å². The lowest BCUT2D eigenvalue weighted by Gasteiger charge is -2.32. The predicted molar refractivity (Wildman–Crippen MR) is 56.3 cm³/mol. The van der Waals surface area contributed by atoms with E-state index in [-0.39, 0.29) is 0 Å². The second kappa shape index (κ2) is 3.84. The Balaban J connectivity index is 2.10. The van der Waals surface area contributed by atoms with Crippen LogP contribution >= 0.6 is 0 Å². The van der Waals surface area contributed by atoms with Gasteiger partial charge in [-0.05, 0) is 19.1 Å². The van der Waals surface area contributed by atoms with E-state index in [4.69, 9.17) is 10.5 Å². The molecule has 76 valence electrons. The van der Waals surface area contributed by atoms with Gasteiger partial charge in [0.2, 0.25) is 0 Å². The van der Waals surface area contributed by atoms with Gasteiger partial charge < -0.3 is 15.4 Å². The van der Waals surface area contributed by atoms with Crippen molar-refractivity contribution in [3.8, 4) is 0 Å². The smallest absolute Gasteiger partial charge is 0.123 e. The minimum atomic E-state index is 0.293. The van der Waals surface area contributed by atoms with Crippen molar-refractivity contribution in [3.05, 3.63) is 18.3 Å². The number of pyridine rings is 1. The molecule has 1 aromatic rings. The minimum absolute atomic E-state index is 0.293. The summed E-state index contributed by atoms with van der Waals surface area (Å²) in [4.78, 5) is 6.34. The number of rotatable bonds is 1. The monoisotopic (exact) mass is 193 g/mol. The molecule has 1 aromatic heterocycles. The van der Waals surface area contributed by atoms with Crippen molar-refractivity contribution in [2.75, 3.05) is 30.3 Å². The summed E-state index contributed by atoms with van der Waals surface area (Å²) in [5.74, 6) is 0.565. The fourth-order valence-corrected chi connectivity index (χ4v) is 1.64. The predicted octanol–water partition coefficient (Wildman–Crippen LogP) is 0.889. The molecule has 14 heavy (non-hydrogen) atoms. The van der Waals surface area contributed by atoms with Gasteiger partial charge in [-0.25, -0.2) is 4.98 Å². The maximum atomic E-state index is 5.53. The number of nitrogen functional groups attached to an aromatic ring is 1. The molecular formula is C10H15N3O.